The first kappa shape index (κ1) is 37.0. The van der Waals surface area contributed by atoms with Crippen molar-refractivity contribution in [3.05, 3.63) is 150 Å². The second-order valence-corrected chi connectivity index (χ2v) is 13.4. The number of para-hydroxylation sites is 2. The van der Waals surface area contributed by atoms with E-state index >= 15 is 0 Å². The lowest BCUT2D eigenvalue weighted by molar-refractivity contribution is -0.148. The van der Waals surface area contributed by atoms with Gasteiger partial charge in [0, 0.05) is 42.7 Å². The molecule has 7 rings (SSSR count). The Morgan fingerprint density at radius 3 is 2.49 bits per heavy atom. The van der Waals surface area contributed by atoms with Gasteiger partial charge in [0.15, 0.2) is 0 Å². The summed E-state index contributed by atoms with van der Waals surface area (Å²) in [5, 5.41) is 11.1. The van der Waals surface area contributed by atoms with Crippen LogP contribution in [0, 0.1) is 5.82 Å². The van der Waals surface area contributed by atoms with Crippen molar-refractivity contribution in [2.45, 2.75) is 50.9 Å². The quantitative estimate of drug-likeness (QED) is 0.0684. The number of aromatic nitrogens is 1. The number of fused-ring (bicyclic) bond motifs is 3. The second-order valence-electron chi connectivity index (χ2n) is 13.4. The molecule has 2 aromatic heterocycles. The van der Waals surface area contributed by atoms with Gasteiger partial charge in [0.25, 0.3) is 5.91 Å². The molecule has 0 aliphatic carbocycles. The molecule has 1 unspecified atom stereocenters. The minimum Gasteiger partial charge on any atom is -0.493 e. The molecule has 0 spiro atoms. The van der Waals surface area contributed by atoms with E-state index in [1.165, 1.54) is 19.1 Å². The number of carbonyl (C=O) groups is 3. The maximum Gasteiger partial charge on any atom is 0.302 e. The molecule has 0 bridgehead atoms. The zero-order valence-corrected chi connectivity index (χ0v) is 30.3. The molecule has 3 heterocycles. The third-order valence-electron chi connectivity index (χ3n) is 9.63. The Bertz CT molecular complexity index is 2320. The summed E-state index contributed by atoms with van der Waals surface area (Å²) >= 11 is 0. The lowest BCUT2D eigenvalue weighted by Gasteiger charge is -2.39. The number of rotatable bonds is 14. The summed E-state index contributed by atoms with van der Waals surface area (Å²) in [6, 6.07) is 29.4. The number of carbonyl (C=O) groups excluding carboxylic acids is 3. The predicted molar refractivity (Wildman–Crippen MR) is 206 cm³/mol. The number of halogens is 1. The molecular weight excluding hydrogens is 701 g/mol. The van der Waals surface area contributed by atoms with Gasteiger partial charge in [-0.15, -0.1) is 6.58 Å². The first-order valence-corrected chi connectivity index (χ1v) is 18.1. The molecule has 280 valence electrons. The summed E-state index contributed by atoms with van der Waals surface area (Å²) in [6.45, 7) is 5.37. The third kappa shape index (κ3) is 7.97. The van der Waals surface area contributed by atoms with Crippen LogP contribution in [0.2, 0.25) is 0 Å². The van der Waals surface area contributed by atoms with Gasteiger partial charge in [-0.1, -0.05) is 60.7 Å². The lowest BCUT2D eigenvalue weighted by atomic mass is 9.94. The van der Waals surface area contributed by atoms with E-state index in [0.29, 0.717) is 45.8 Å². The first-order chi connectivity index (χ1) is 26.7. The lowest BCUT2D eigenvalue weighted by Crippen LogP contribution is -2.53. The van der Waals surface area contributed by atoms with Gasteiger partial charge in [-0.2, -0.15) is 0 Å². The van der Waals surface area contributed by atoms with Crippen molar-refractivity contribution in [1.29, 1.82) is 0 Å². The van der Waals surface area contributed by atoms with Gasteiger partial charge in [0.05, 0.1) is 42.9 Å². The largest absolute Gasteiger partial charge is 0.493 e. The molecule has 1 N–H and O–H groups in total. The molecule has 4 aromatic carbocycles. The molecule has 3 atom stereocenters. The number of hydrogen-bond donors (Lipinski definition) is 1. The van der Waals surface area contributed by atoms with Gasteiger partial charge >= 0.3 is 5.97 Å². The molecule has 2 amide bonds. The zero-order valence-electron chi connectivity index (χ0n) is 30.3. The fourth-order valence-electron chi connectivity index (χ4n) is 7.23. The predicted octanol–water partition coefficient (Wildman–Crippen LogP) is 7.73. The smallest absolute Gasteiger partial charge is 0.302 e. The zero-order chi connectivity index (χ0) is 38.5. The molecule has 0 saturated heterocycles. The molecule has 55 heavy (non-hydrogen) atoms. The maximum atomic E-state index is 15.0. The summed E-state index contributed by atoms with van der Waals surface area (Å²) < 4.78 is 32.3. The highest BCUT2D eigenvalue weighted by molar-refractivity contribution is 6.08. The number of aliphatic hydroxyl groups is 1. The molecule has 6 aromatic rings. The van der Waals surface area contributed by atoms with Crippen LogP contribution in [0.15, 0.2) is 126 Å². The fraction of sp³-hybridized carbons (Fsp3) is 0.227. The van der Waals surface area contributed by atoms with E-state index in [1.54, 1.807) is 52.3 Å². The number of pyridine rings is 1. The average Bonchev–Trinajstić information content (AvgIpc) is 3.75. The van der Waals surface area contributed by atoms with Crippen molar-refractivity contribution in [2.75, 3.05) is 18.1 Å². The molecule has 11 heteroatoms. The highest BCUT2D eigenvalue weighted by atomic mass is 19.1. The summed E-state index contributed by atoms with van der Waals surface area (Å²) in [4.78, 5) is 50.5. The Morgan fingerprint density at radius 2 is 1.75 bits per heavy atom. The topological polar surface area (TPSA) is 122 Å². The van der Waals surface area contributed by atoms with E-state index in [9.17, 15) is 23.9 Å². The van der Waals surface area contributed by atoms with Crippen molar-refractivity contribution in [3.63, 3.8) is 0 Å². The maximum absolute atomic E-state index is 15.0. The van der Waals surface area contributed by atoms with Gasteiger partial charge in [-0.05, 0) is 60.2 Å². The standard InChI is InChI=1S/C44H40FN3O7/c1-3-9-40(54-28(2)50)43-42(47(41(51)24-29-14-17-32(45)18-15-29)27-34-25-31-11-5-7-13-39(31)55-34)35-26-33(53-23-8-22-49)19-21-38(35)48(43)44(52)37-20-16-30-10-4-6-12-36(30)46-37/h3-7,10-21,25-26,40,42-43,49H,1,8-9,22-24,27H2,2H3/t40?,42-,43+/m0/s1. The summed E-state index contributed by atoms with van der Waals surface area (Å²) in [6.07, 6.45) is 1.08. The van der Waals surface area contributed by atoms with Crippen molar-refractivity contribution in [3.8, 4) is 5.75 Å². The summed E-state index contributed by atoms with van der Waals surface area (Å²) in [5.41, 5.74) is 3.01. The minimum atomic E-state index is -0.980. The number of nitrogens with zero attached hydrogens (tertiary/aromatic N) is 3. The highest BCUT2D eigenvalue weighted by Crippen LogP contribution is 2.48. The molecular formula is C44H40FN3O7. The van der Waals surface area contributed by atoms with E-state index < -0.39 is 35.9 Å². The second kappa shape index (κ2) is 16.4. The number of aliphatic hydroxyl groups excluding tert-OH is 1. The van der Waals surface area contributed by atoms with Crippen LogP contribution in [0.3, 0.4) is 0 Å². The van der Waals surface area contributed by atoms with Crippen LogP contribution in [-0.4, -0.2) is 58.1 Å². The molecule has 1 aliphatic rings. The van der Waals surface area contributed by atoms with Gasteiger partial charge < -0.3 is 23.9 Å². The van der Waals surface area contributed by atoms with Crippen molar-refractivity contribution < 1.29 is 37.8 Å². The first-order valence-electron chi connectivity index (χ1n) is 18.1. The van der Waals surface area contributed by atoms with Gasteiger partial charge in [0.2, 0.25) is 5.91 Å². The minimum absolute atomic E-state index is 0.0257. The molecule has 10 nitrogen and oxygen atoms in total. The Hall–Kier alpha value is -6.33. The van der Waals surface area contributed by atoms with Crippen LogP contribution < -0.4 is 9.64 Å². The van der Waals surface area contributed by atoms with Crippen LogP contribution in [0.5, 0.6) is 5.75 Å². The molecule has 0 radical (unpaired) electrons. The number of benzene rings is 4. The number of furan rings is 1. The fourth-order valence-corrected chi connectivity index (χ4v) is 7.23. The van der Waals surface area contributed by atoms with E-state index in [1.807, 2.05) is 60.7 Å². The summed E-state index contributed by atoms with van der Waals surface area (Å²) in [5.74, 6) is -0.886. The van der Waals surface area contributed by atoms with E-state index in [4.69, 9.17) is 18.9 Å². The average molecular weight is 742 g/mol. The molecule has 1 aliphatic heterocycles. The number of ether oxygens (including phenoxy) is 2. The van der Waals surface area contributed by atoms with Crippen LogP contribution >= 0.6 is 0 Å². The SMILES string of the molecule is C=CCC(OC(C)=O)[C@@H]1[C@@H](N(Cc2cc3ccccc3o2)C(=O)Cc2ccc(F)cc2)c2cc(OCCCO)ccc2N1C(=O)c1ccc2ccccc2n1. The number of esters is 1. The Balaban J connectivity index is 1.42. The Morgan fingerprint density at radius 1 is 0.982 bits per heavy atom. The third-order valence-corrected chi connectivity index (χ3v) is 9.63. The number of amides is 2. The van der Waals surface area contributed by atoms with Crippen molar-refractivity contribution >= 4 is 45.3 Å². The number of hydrogen-bond acceptors (Lipinski definition) is 8. The summed E-state index contributed by atoms with van der Waals surface area (Å²) in [7, 11) is 0. The highest BCUT2D eigenvalue weighted by Gasteiger charge is 2.51. The van der Waals surface area contributed by atoms with Crippen molar-refractivity contribution in [1.82, 2.24) is 9.88 Å². The number of anilines is 1. The Kier molecular flexibility index (Phi) is 11.0. The van der Waals surface area contributed by atoms with Gasteiger partial charge in [0.1, 0.15) is 34.7 Å². The van der Waals surface area contributed by atoms with Crippen molar-refractivity contribution in [2.24, 2.45) is 0 Å². The normalized spacial score (nSPS) is 15.4. The van der Waals surface area contributed by atoms with Crippen LogP contribution in [0.1, 0.15) is 53.2 Å². The molecule has 0 fully saturated rings. The van der Waals surface area contributed by atoms with Gasteiger partial charge in [-0.25, -0.2) is 9.37 Å². The van der Waals surface area contributed by atoms with Crippen LogP contribution in [-0.2, 0) is 27.3 Å². The monoisotopic (exact) mass is 741 g/mol. The van der Waals surface area contributed by atoms with E-state index in [0.717, 1.165) is 10.8 Å². The van der Waals surface area contributed by atoms with Crippen LogP contribution in [0.25, 0.3) is 21.9 Å². The Labute approximate surface area is 317 Å². The van der Waals surface area contributed by atoms with Gasteiger partial charge in [-0.3, -0.25) is 19.3 Å². The van der Waals surface area contributed by atoms with E-state index in [-0.39, 0.29) is 44.2 Å². The van der Waals surface area contributed by atoms with E-state index in [2.05, 4.69) is 6.58 Å². The van der Waals surface area contributed by atoms with Crippen LogP contribution in [0.4, 0.5) is 10.1 Å². The molecule has 0 saturated carbocycles.